The number of aryl methyl sites for hydroxylation is 1. The minimum atomic E-state index is -3.62. The fourth-order valence-corrected chi connectivity index (χ4v) is 3.29. The molecule has 1 atom stereocenters. The minimum absolute atomic E-state index is 0.0507. The summed E-state index contributed by atoms with van der Waals surface area (Å²) < 4.78 is 28.0. The number of sulfonamides is 1. The van der Waals surface area contributed by atoms with Crippen LogP contribution in [0.15, 0.2) is 11.1 Å². The summed E-state index contributed by atoms with van der Waals surface area (Å²) in [4.78, 5) is 0.0768. The molecule has 2 N–H and O–H groups in total. The summed E-state index contributed by atoms with van der Waals surface area (Å²) in [6.07, 6.45) is 1.48. The van der Waals surface area contributed by atoms with E-state index in [1.54, 1.807) is 7.05 Å². The van der Waals surface area contributed by atoms with Crippen LogP contribution in [0.3, 0.4) is 0 Å². The molecule has 6 nitrogen and oxygen atoms in total. The maximum atomic E-state index is 12.6. The summed E-state index contributed by atoms with van der Waals surface area (Å²) in [6.45, 7) is 10.4. The highest BCUT2D eigenvalue weighted by Gasteiger charge is 2.34. The molecule has 1 aromatic rings. The lowest BCUT2D eigenvalue weighted by Crippen LogP contribution is -2.42. The van der Waals surface area contributed by atoms with Crippen molar-refractivity contribution in [3.8, 4) is 0 Å². The average Bonchev–Trinajstić information content (AvgIpc) is 2.68. The van der Waals surface area contributed by atoms with E-state index in [-0.39, 0.29) is 22.2 Å². The Morgan fingerprint density at radius 2 is 2.00 bits per heavy atom. The van der Waals surface area contributed by atoms with Gasteiger partial charge in [-0.05, 0) is 19.3 Å². The predicted octanol–water partition coefficient (Wildman–Crippen LogP) is 1.54. The number of rotatable bonds is 4. The van der Waals surface area contributed by atoms with E-state index in [1.165, 1.54) is 15.2 Å². The van der Waals surface area contributed by atoms with Gasteiger partial charge in [-0.2, -0.15) is 9.40 Å². The molecule has 0 spiro atoms. The average molecular weight is 288 g/mol. The number of hydrogen-bond donors (Lipinski definition) is 1. The number of aromatic nitrogens is 2. The van der Waals surface area contributed by atoms with Gasteiger partial charge in [0.1, 0.15) is 4.90 Å². The third kappa shape index (κ3) is 3.09. The van der Waals surface area contributed by atoms with Crippen molar-refractivity contribution >= 4 is 15.8 Å². The highest BCUT2D eigenvalue weighted by atomic mass is 32.2. The Bertz CT molecular complexity index is 543. The van der Waals surface area contributed by atoms with Crippen LogP contribution in [-0.2, 0) is 16.6 Å². The fourth-order valence-electron chi connectivity index (χ4n) is 1.69. The van der Waals surface area contributed by atoms with E-state index in [0.29, 0.717) is 6.54 Å². The van der Waals surface area contributed by atoms with Gasteiger partial charge >= 0.3 is 0 Å². The van der Waals surface area contributed by atoms with E-state index in [4.69, 9.17) is 5.73 Å². The van der Waals surface area contributed by atoms with E-state index in [1.807, 2.05) is 34.6 Å². The molecule has 1 unspecified atom stereocenters. The van der Waals surface area contributed by atoms with Crippen LogP contribution in [0.5, 0.6) is 0 Å². The van der Waals surface area contributed by atoms with Crippen molar-refractivity contribution in [1.29, 1.82) is 0 Å². The van der Waals surface area contributed by atoms with Gasteiger partial charge in [-0.3, -0.25) is 4.68 Å². The van der Waals surface area contributed by atoms with Gasteiger partial charge in [0.25, 0.3) is 0 Å². The Morgan fingerprint density at radius 3 is 2.37 bits per heavy atom. The fraction of sp³-hybridized carbons (Fsp3) is 0.750. The van der Waals surface area contributed by atoms with E-state index >= 15 is 0 Å². The molecule has 0 fully saturated rings. The molecule has 0 aliphatic heterocycles. The zero-order valence-electron chi connectivity index (χ0n) is 12.5. The minimum Gasteiger partial charge on any atom is -0.381 e. The van der Waals surface area contributed by atoms with Gasteiger partial charge in [-0.15, -0.1) is 0 Å². The molecule has 0 aliphatic rings. The van der Waals surface area contributed by atoms with Crippen LogP contribution in [-0.4, -0.2) is 35.6 Å². The van der Waals surface area contributed by atoms with Crippen molar-refractivity contribution < 1.29 is 8.42 Å². The Balaban J connectivity index is 3.20. The number of nitrogens with two attached hydrogens (primary N) is 1. The van der Waals surface area contributed by atoms with Crippen LogP contribution in [0, 0.1) is 5.41 Å². The molecule has 0 bridgehead atoms. The third-order valence-corrected chi connectivity index (χ3v) is 5.48. The molecule has 7 heteroatoms. The highest BCUT2D eigenvalue weighted by Crippen LogP contribution is 2.29. The van der Waals surface area contributed by atoms with Gasteiger partial charge in [0.15, 0.2) is 5.82 Å². The normalized spacial score (nSPS) is 14.9. The van der Waals surface area contributed by atoms with E-state index in [2.05, 4.69) is 5.10 Å². The number of hydrogen-bond acceptors (Lipinski definition) is 4. The number of nitrogen functional groups attached to an aromatic ring is 1. The molecule has 0 amide bonds. The first-order valence-electron chi connectivity index (χ1n) is 6.32. The first kappa shape index (κ1) is 16.0. The van der Waals surface area contributed by atoms with Crippen molar-refractivity contribution in [2.45, 2.75) is 52.1 Å². The Labute approximate surface area is 115 Å². The van der Waals surface area contributed by atoms with E-state index in [0.717, 1.165) is 0 Å². The third-order valence-electron chi connectivity index (χ3n) is 3.53. The number of nitrogens with zero attached hydrogens (tertiary/aromatic N) is 3. The summed E-state index contributed by atoms with van der Waals surface area (Å²) in [5.41, 5.74) is 5.56. The molecule has 0 aliphatic carbocycles. The lowest BCUT2D eigenvalue weighted by Gasteiger charge is -2.34. The molecule has 0 saturated carbocycles. The lowest BCUT2D eigenvalue weighted by molar-refractivity contribution is 0.216. The van der Waals surface area contributed by atoms with Crippen LogP contribution in [0.2, 0.25) is 0 Å². The molecule has 1 heterocycles. The summed E-state index contributed by atoms with van der Waals surface area (Å²) >= 11 is 0. The molecule has 110 valence electrons. The van der Waals surface area contributed by atoms with Crippen LogP contribution < -0.4 is 5.73 Å². The molecule has 0 radical (unpaired) electrons. The van der Waals surface area contributed by atoms with E-state index < -0.39 is 10.0 Å². The van der Waals surface area contributed by atoms with Gasteiger partial charge in [-0.1, -0.05) is 20.8 Å². The van der Waals surface area contributed by atoms with Crippen molar-refractivity contribution in [2.24, 2.45) is 5.41 Å². The first-order chi connectivity index (χ1) is 8.51. The second-order valence-electron chi connectivity index (χ2n) is 5.80. The van der Waals surface area contributed by atoms with Gasteiger partial charge in [0.2, 0.25) is 10.0 Å². The SMILES string of the molecule is CCn1cc(S(=O)(=O)N(C)C(C)C(C)(C)C)c(N)n1. The first-order valence-corrected chi connectivity index (χ1v) is 7.76. The maximum Gasteiger partial charge on any atom is 0.248 e. The van der Waals surface area contributed by atoms with Crippen molar-refractivity contribution in [1.82, 2.24) is 14.1 Å². The topological polar surface area (TPSA) is 81.2 Å². The van der Waals surface area contributed by atoms with Gasteiger partial charge < -0.3 is 5.73 Å². The van der Waals surface area contributed by atoms with Crippen LogP contribution in [0.1, 0.15) is 34.6 Å². The maximum absolute atomic E-state index is 12.6. The monoisotopic (exact) mass is 288 g/mol. The molecule has 19 heavy (non-hydrogen) atoms. The van der Waals surface area contributed by atoms with Crippen molar-refractivity contribution in [2.75, 3.05) is 12.8 Å². The Hall–Kier alpha value is -1.08. The number of anilines is 1. The quantitative estimate of drug-likeness (QED) is 0.911. The van der Waals surface area contributed by atoms with Crippen molar-refractivity contribution in [3.05, 3.63) is 6.20 Å². The molecular formula is C12H24N4O2S. The summed E-state index contributed by atoms with van der Waals surface area (Å²) in [5, 5.41) is 3.99. The summed E-state index contributed by atoms with van der Waals surface area (Å²) in [5.74, 6) is 0.0507. The van der Waals surface area contributed by atoms with Gasteiger partial charge in [-0.25, -0.2) is 8.42 Å². The predicted molar refractivity (Wildman–Crippen MR) is 76.2 cm³/mol. The molecule has 0 aromatic carbocycles. The zero-order valence-corrected chi connectivity index (χ0v) is 13.3. The van der Waals surface area contributed by atoms with Crippen molar-refractivity contribution in [3.63, 3.8) is 0 Å². The Morgan fingerprint density at radius 1 is 1.47 bits per heavy atom. The second kappa shape index (κ2) is 5.13. The van der Waals surface area contributed by atoms with Gasteiger partial charge in [0, 0.05) is 25.8 Å². The largest absolute Gasteiger partial charge is 0.381 e. The molecule has 1 aromatic heterocycles. The zero-order chi connectivity index (χ0) is 15.0. The smallest absolute Gasteiger partial charge is 0.248 e. The highest BCUT2D eigenvalue weighted by molar-refractivity contribution is 7.89. The van der Waals surface area contributed by atoms with Crippen LogP contribution >= 0.6 is 0 Å². The van der Waals surface area contributed by atoms with Crippen LogP contribution in [0.4, 0.5) is 5.82 Å². The summed E-state index contributed by atoms with van der Waals surface area (Å²) in [7, 11) is -2.04. The lowest BCUT2D eigenvalue weighted by atomic mass is 9.88. The molecular weight excluding hydrogens is 264 g/mol. The molecule has 1 rings (SSSR count). The van der Waals surface area contributed by atoms with E-state index in [9.17, 15) is 8.42 Å². The molecule has 0 saturated heterocycles. The Kier molecular flexibility index (Phi) is 4.31. The second-order valence-corrected chi connectivity index (χ2v) is 7.76. The van der Waals surface area contributed by atoms with Gasteiger partial charge in [0.05, 0.1) is 0 Å². The summed E-state index contributed by atoms with van der Waals surface area (Å²) in [6, 6.07) is -0.151. The van der Waals surface area contributed by atoms with Crippen LogP contribution in [0.25, 0.3) is 0 Å². The standard InChI is InChI=1S/C12H24N4O2S/c1-7-16-8-10(11(13)14-16)19(17,18)15(6)9(2)12(3,4)5/h8-9H,7H2,1-6H3,(H2,13,14).